The predicted molar refractivity (Wildman–Crippen MR) is 107 cm³/mol. The fraction of sp³-hybridized carbons (Fsp3) is 0.474. The monoisotopic (exact) mass is 385 g/mol. The van der Waals surface area contributed by atoms with Crippen LogP contribution in [0.1, 0.15) is 24.1 Å². The van der Waals surface area contributed by atoms with E-state index in [9.17, 15) is 9.59 Å². The Morgan fingerprint density at radius 3 is 2.86 bits per heavy atom. The molecule has 28 heavy (non-hydrogen) atoms. The number of rotatable bonds is 7. The van der Waals surface area contributed by atoms with Crippen molar-refractivity contribution in [1.82, 2.24) is 30.5 Å². The van der Waals surface area contributed by atoms with E-state index in [-0.39, 0.29) is 17.6 Å². The van der Waals surface area contributed by atoms with Gasteiger partial charge in [0.25, 0.3) is 5.56 Å². The molecule has 0 aromatic carbocycles. The zero-order valence-corrected chi connectivity index (χ0v) is 16.1. The number of carbonyl (C=O) groups excluding carboxylic acids is 1. The van der Waals surface area contributed by atoms with Crippen LogP contribution in [0.25, 0.3) is 0 Å². The van der Waals surface area contributed by atoms with E-state index in [0.29, 0.717) is 24.7 Å². The number of nitrogens with one attached hydrogen (secondary N) is 4. The van der Waals surface area contributed by atoms with Gasteiger partial charge in [0.1, 0.15) is 0 Å². The summed E-state index contributed by atoms with van der Waals surface area (Å²) < 4.78 is 0. The van der Waals surface area contributed by atoms with E-state index in [0.717, 1.165) is 32.5 Å². The van der Waals surface area contributed by atoms with Crippen LogP contribution in [0.4, 0.5) is 10.7 Å². The number of hydrogen-bond acceptors (Lipinski definition) is 6. The van der Waals surface area contributed by atoms with Crippen LogP contribution in [-0.2, 0) is 6.54 Å². The van der Waals surface area contributed by atoms with E-state index in [1.807, 2.05) is 12.3 Å². The number of urea groups is 1. The first-order valence-electron chi connectivity index (χ1n) is 9.56. The summed E-state index contributed by atoms with van der Waals surface area (Å²) in [6.45, 7) is 5.47. The minimum Gasteiger partial charge on any atom is -0.354 e. The number of amides is 2. The number of pyridine rings is 1. The second-order valence-corrected chi connectivity index (χ2v) is 6.97. The Morgan fingerprint density at radius 2 is 2.14 bits per heavy atom. The van der Waals surface area contributed by atoms with Crippen LogP contribution in [0.15, 0.2) is 35.4 Å². The highest BCUT2D eigenvalue weighted by atomic mass is 16.2. The third-order valence-electron chi connectivity index (χ3n) is 4.62. The Morgan fingerprint density at radius 1 is 1.32 bits per heavy atom. The average Bonchev–Trinajstić information content (AvgIpc) is 2.67. The number of hydrogen-bond donors (Lipinski definition) is 4. The van der Waals surface area contributed by atoms with Crippen molar-refractivity contribution in [2.45, 2.75) is 32.4 Å². The van der Waals surface area contributed by atoms with E-state index in [2.05, 4.69) is 41.9 Å². The number of piperidine rings is 1. The molecule has 0 spiro atoms. The second kappa shape index (κ2) is 9.84. The standard InChI is InChI=1S/C19H27N7O2/c1-14-11-17(27)25-18(23-14)21-7-8-22-19(28)24-16-4-9-26(10-5-16)13-15-3-2-6-20-12-15/h2-3,6,11-12,16H,4-5,7-10,13H2,1H3,(H2,22,24,28)(H2,21,23,25,27). The van der Waals surface area contributed by atoms with E-state index >= 15 is 0 Å². The second-order valence-electron chi connectivity index (χ2n) is 6.97. The number of carbonyl (C=O) groups is 1. The van der Waals surface area contributed by atoms with Crippen molar-refractivity contribution in [1.29, 1.82) is 0 Å². The van der Waals surface area contributed by atoms with Gasteiger partial charge >= 0.3 is 6.03 Å². The Balaban J connectivity index is 1.30. The van der Waals surface area contributed by atoms with Crippen LogP contribution >= 0.6 is 0 Å². The average molecular weight is 385 g/mol. The molecule has 0 bridgehead atoms. The van der Waals surface area contributed by atoms with Gasteiger partial charge in [-0.1, -0.05) is 6.07 Å². The molecule has 2 amide bonds. The van der Waals surface area contributed by atoms with Gasteiger partial charge in [-0.25, -0.2) is 9.78 Å². The zero-order valence-electron chi connectivity index (χ0n) is 16.1. The summed E-state index contributed by atoms with van der Waals surface area (Å²) in [7, 11) is 0. The highest BCUT2D eigenvalue weighted by Gasteiger charge is 2.20. The maximum atomic E-state index is 12.1. The molecule has 3 heterocycles. The van der Waals surface area contributed by atoms with Crippen molar-refractivity contribution in [3.05, 3.63) is 52.2 Å². The molecule has 1 aliphatic heterocycles. The van der Waals surface area contributed by atoms with E-state index in [4.69, 9.17) is 0 Å². The van der Waals surface area contributed by atoms with Crippen molar-refractivity contribution >= 4 is 12.0 Å². The van der Waals surface area contributed by atoms with Gasteiger partial charge < -0.3 is 16.0 Å². The van der Waals surface area contributed by atoms with Crippen LogP contribution < -0.4 is 21.5 Å². The van der Waals surface area contributed by atoms with Crippen LogP contribution in [0, 0.1) is 6.92 Å². The summed E-state index contributed by atoms with van der Waals surface area (Å²) in [4.78, 5) is 36.8. The van der Waals surface area contributed by atoms with Crippen LogP contribution in [-0.4, -0.2) is 58.1 Å². The molecule has 0 atom stereocenters. The number of nitrogens with zero attached hydrogens (tertiary/aromatic N) is 3. The quantitative estimate of drug-likeness (QED) is 0.525. The summed E-state index contributed by atoms with van der Waals surface area (Å²) in [5.74, 6) is 0.410. The molecule has 150 valence electrons. The Hall–Kier alpha value is -2.94. The maximum absolute atomic E-state index is 12.1. The Labute approximate surface area is 164 Å². The zero-order chi connectivity index (χ0) is 19.8. The Kier molecular flexibility index (Phi) is 6.96. The first kappa shape index (κ1) is 19.8. The maximum Gasteiger partial charge on any atom is 0.315 e. The molecule has 0 unspecified atom stereocenters. The third kappa shape index (κ3) is 6.34. The summed E-state index contributed by atoms with van der Waals surface area (Å²) in [6, 6.07) is 5.49. The highest BCUT2D eigenvalue weighted by Crippen LogP contribution is 2.13. The lowest BCUT2D eigenvalue weighted by Gasteiger charge is -2.32. The van der Waals surface area contributed by atoms with Crippen LogP contribution in [0.5, 0.6) is 0 Å². The largest absolute Gasteiger partial charge is 0.354 e. The molecule has 3 rings (SSSR count). The van der Waals surface area contributed by atoms with Crippen LogP contribution in [0.2, 0.25) is 0 Å². The fourth-order valence-corrected chi connectivity index (χ4v) is 3.24. The Bertz CT molecular complexity index is 817. The summed E-state index contributed by atoms with van der Waals surface area (Å²) in [5, 5.41) is 8.85. The molecule has 1 fully saturated rings. The fourth-order valence-electron chi connectivity index (χ4n) is 3.24. The first-order valence-corrected chi connectivity index (χ1v) is 9.56. The molecule has 0 aliphatic carbocycles. The smallest absolute Gasteiger partial charge is 0.315 e. The summed E-state index contributed by atoms with van der Waals surface area (Å²) >= 11 is 0. The van der Waals surface area contributed by atoms with Crippen molar-refractivity contribution in [2.24, 2.45) is 0 Å². The molecule has 9 heteroatoms. The van der Waals surface area contributed by atoms with E-state index < -0.39 is 0 Å². The summed E-state index contributed by atoms with van der Waals surface area (Å²) in [5.41, 5.74) is 1.66. The van der Waals surface area contributed by atoms with Gasteiger partial charge in [0.2, 0.25) is 5.95 Å². The van der Waals surface area contributed by atoms with E-state index in [1.54, 1.807) is 13.1 Å². The van der Waals surface area contributed by atoms with Gasteiger partial charge in [-0.2, -0.15) is 0 Å². The van der Waals surface area contributed by atoms with Crippen molar-refractivity contribution in [3.8, 4) is 0 Å². The number of aromatic amines is 1. The van der Waals surface area contributed by atoms with Gasteiger partial charge in [0.15, 0.2) is 0 Å². The molecular weight excluding hydrogens is 358 g/mol. The molecule has 0 saturated carbocycles. The number of aromatic nitrogens is 3. The SMILES string of the molecule is Cc1cc(=O)[nH]c(NCCNC(=O)NC2CCN(Cc3cccnc3)CC2)n1. The molecular formula is C19H27N7O2. The van der Waals surface area contributed by atoms with Gasteiger partial charge in [-0.3, -0.25) is 19.7 Å². The highest BCUT2D eigenvalue weighted by molar-refractivity contribution is 5.74. The molecule has 2 aromatic rings. The van der Waals surface area contributed by atoms with Crippen molar-refractivity contribution in [2.75, 3.05) is 31.5 Å². The minimum absolute atomic E-state index is 0.168. The first-order chi connectivity index (χ1) is 13.6. The third-order valence-corrected chi connectivity index (χ3v) is 4.62. The van der Waals surface area contributed by atoms with Gasteiger partial charge in [-0.15, -0.1) is 0 Å². The number of aryl methyl sites for hydroxylation is 1. The molecule has 0 radical (unpaired) electrons. The van der Waals surface area contributed by atoms with Gasteiger partial charge in [0.05, 0.1) is 0 Å². The normalized spacial score (nSPS) is 15.2. The molecule has 2 aromatic heterocycles. The van der Waals surface area contributed by atoms with Crippen molar-refractivity contribution < 1.29 is 4.79 Å². The molecule has 1 saturated heterocycles. The molecule has 1 aliphatic rings. The molecule has 4 N–H and O–H groups in total. The topological polar surface area (TPSA) is 115 Å². The molecule has 9 nitrogen and oxygen atoms in total. The van der Waals surface area contributed by atoms with E-state index in [1.165, 1.54) is 11.6 Å². The predicted octanol–water partition coefficient (Wildman–Crippen LogP) is 0.849. The lowest BCUT2D eigenvalue weighted by molar-refractivity contribution is 0.186. The lowest BCUT2D eigenvalue weighted by atomic mass is 10.0. The van der Waals surface area contributed by atoms with Gasteiger partial charge in [0, 0.05) is 62.9 Å². The van der Waals surface area contributed by atoms with Crippen LogP contribution in [0.3, 0.4) is 0 Å². The lowest BCUT2D eigenvalue weighted by Crippen LogP contribution is -2.48. The van der Waals surface area contributed by atoms with Gasteiger partial charge in [-0.05, 0) is 31.4 Å². The van der Waals surface area contributed by atoms with Crippen molar-refractivity contribution in [3.63, 3.8) is 0 Å². The number of likely N-dealkylation sites (tertiary alicyclic amines) is 1. The minimum atomic E-state index is -0.199. The number of H-pyrrole nitrogens is 1. The summed E-state index contributed by atoms with van der Waals surface area (Å²) in [6.07, 6.45) is 5.54. The number of anilines is 1.